The first-order valence-corrected chi connectivity index (χ1v) is 5.71. The highest BCUT2D eigenvalue weighted by molar-refractivity contribution is 5.79. The second-order valence-electron chi connectivity index (χ2n) is 4.25. The lowest BCUT2D eigenvalue weighted by Gasteiger charge is -2.26. The molecular weight excluding hydrogens is 176 g/mol. The van der Waals surface area contributed by atoms with E-state index in [0.717, 1.165) is 32.2 Å². The molecule has 1 fully saturated rings. The maximum Gasteiger partial charge on any atom is 0.225 e. The normalized spacial score (nSPS) is 23.9. The van der Waals surface area contributed by atoms with Gasteiger partial charge < -0.3 is 10.6 Å². The van der Waals surface area contributed by atoms with Crippen LogP contribution in [0.2, 0.25) is 0 Å². The highest BCUT2D eigenvalue weighted by atomic mass is 16.2. The van der Waals surface area contributed by atoms with Crippen molar-refractivity contribution in [2.75, 3.05) is 13.1 Å². The Bertz CT molecular complexity index is 194. The van der Waals surface area contributed by atoms with Crippen molar-refractivity contribution in [1.29, 1.82) is 0 Å². The first-order valence-electron chi connectivity index (χ1n) is 5.71. The number of hydrogen-bond acceptors (Lipinski definition) is 2. The van der Waals surface area contributed by atoms with E-state index in [4.69, 9.17) is 5.73 Å². The number of rotatable bonds is 4. The number of amides is 1. The zero-order chi connectivity index (χ0) is 10.6. The summed E-state index contributed by atoms with van der Waals surface area (Å²) in [5.74, 6) is 0.479. The molecule has 0 saturated carbocycles. The third-order valence-corrected chi connectivity index (χ3v) is 3.08. The molecule has 1 rings (SSSR count). The zero-order valence-electron chi connectivity index (χ0n) is 9.33. The second-order valence-corrected chi connectivity index (χ2v) is 4.25. The van der Waals surface area contributed by atoms with Gasteiger partial charge in [0.05, 0.1) is 0 Å². The molecule has 1 aliphatic rings. The lowest BCUT2D eigenvalue weighted by Crippen LogP contribution is -2.42. The van der Waals surface area contributed by atoms with Gasteiger partial charge in [0.1, 0.15) is 0 Å². The Kier molecular flexibility index (Phi) is 4.39. The number of carbonyl (C=O) groups excluding carboxylic acids is 1. The average molecular weight is 198 g/mol. The molecule has 14 heavy (non-hydrogen) atoms. The van der Waals surface area contributed by atoms with Gasteiger partial charge in [0.15, 0.2) is 0 Å². The molecule has 2 unspecified atom stereocenters. The van der Waals surface area contributed by atoms with E-state index in [-0.39, 0.29) is 5.92 Å². The van der Waals surface area contributed by atoms with Gasteiger partial charge in [-0.2, -0.15) is 0 Å². The molecule has 1 aliphatic heterocycles. The fraction of sp³-hybridized carbons (Fsp3) is 0.909. The Morgan fingerprint density at radius 2 is 2.36 bits per heavy atom. The van der Waals surface area contributed by atoms with Gasteiger partial charge in [0.25, 0.3) is 0 Å². The summed E-state index contributed by atoms with van der Waals surface area (Å²) < 4.78 is 0. The number of likely N-dealkylation sites (tertiary alicyclic amines) is 1. The Labute approximate surface area is 86.6 Å². The predicted molar refractivity (Wildman–Crippen MR) is 57.9 cm³/mol. The summed E-state index contributed by atoms with van der Waals surface area (Å²) in [5.41, 5.74) is 5.64. The van der Waals surface area contributed by atoms with Crippen molar-refractivity contribution < 1.29 is 4.79 Å². The van der Waals surface area contributed by atoms with Crippen molar-refractivity contribution >= 4 is 5.91 Å². The molecule has 0 spiro atoms. The number of carbonyl (C=O) groups is 1. The Morgan fingerprint density at radius 3 is 2.93 bits per heavy atom. The summed E-state index contributed by atoms with van der Waals surface area (Å²) >= 11 is 0. The molecule has 0 aliphatic carbocycles. The van der Waals surface area contributed by atoms with Crippen LogP contribution in [0.3, 0.4) is 0 Å². The molecule has 3 nitrogen and oxygen atoms in total. The van der Waals surface area contributed by atoms with Gasteiger partial charge in [-0.25, -0.2) is 0 Å². The minimum atomic E-state index is 0.173. The molecule has 1 saturated heterocycles. The largest absolute Gasteiger partial charge is 0.338 e. The smallest absolute Gasteiger partial charge is 0.225 e. The molecule has 1 amide bonds. The van der Waals surface area contributed by atoms with Crippen LogP contribution in [-0.2, 0) is 4.79 Å². The van der Waals surface area contributed by atoms with Gasteiger partial charge in [0.2, 0.25) is 5.91 Å². The van der Waals surface area contributed by atoms with Crippen LogP contribution in [0.5, 0.6) is 0 Å². The van der Waals surface area contributed by atoms with E-state index >= 15 is 0 Å². The average Bonchev–Trinajstić information content (AvgIpc) is 2.64. The molecule has 2 N–H and O–H groups in total. The van der Waals surface area contributed by atoms with Gasteiger partial charge in [0, 0.05) is 25.0 Å². The van der Waals surface area contributed by atoms with E-state index in [1.165, 1.54) is 0 Å². The predicted octanol–water partition coefficient (Wildman–Crippen LogP) is 1.37. The fourth-order valence-corrected chi connectivity index (χ4v) is 2.21. The summed E-state index contributed by atoms with van der Waals surface area (Å²) in [6.45, 7) is 5.67. The van der Waals surface area contributed by atoms with Crippen molar-refractivity contribution in [3.8, 4) is 0 Å². The van der Waals surface area contributed by atoms with E-state index in [0.29, 0.717) is 18.5 Å². The third kappa shape index (κ3) is 2.47. The van der Waals surface area contributed by atoms with Gasteiger partial charge in [-0.05, 0) is 19.3 Å². The van der Waals surface area contributed by atoms with Crippen molar-refractivity contribution in [2.45, 2.75) is 45.6 Å². The number of nitrogens with two attached hydrogens (primary N) is 1. The van der Waals surface area contributed by atoms with E-state index in [1.807, 2.05) is 11.8 Å². The van der Waals surface area contributed by atoms with E-state index in [1.54, 1.807) is 0 Å². The molecule has 0 aromatic rings. The van der Waals surface area contributed by atoms with Crippen LogP contribution < -0.4 is 5.73 Å². The summed E-state index contributed by atoms with van der Waals surface area (Å²) in [7, 11) is 0. The van der Waals surface area contributed by atoms with Crippen molar-refractivity contribution in [1.82, 2.24) is 4.90 Å². The van der Waals surface area contributed by atoms with Crippen molar-refractivity contribution in [3.63, 3.8) is 0 Å². The monoisotopic (exact) mass is 198 g/mol. The fourth-order valence-electron chi connectivity index (χ4n) is 2.21. The van der Waals surface area contributed by atoms with Crippen molar-refractivity contribution in [2.24, 2.45) is 11.7 Å². The first kappa shape index (κ1) is 11.5. The lowest BCUT2D eigenvalue weighted by atomic mass is 10.0. The third-order valence-electron chi connectivity index (χ3n) is 3.08. The molecule has 2 atom stereocenters. The van der Waals surface area contributed by atoms with Gasteiger partial charge >= 0.3 is 0 Å². The highest BCUT2D eigenvalue weighted by Crippen LogP contribution is 2.20. The number of hydrogen-bond donors (Lipinski definition) is 1. The minimum absolute atomic E-state index is 0.173. The van der Waals surface area contributed by atoms with Gasteiger partial charge in [-0.3, -0.25) is 4.79 Å². The van der Waals surface area contributed by atoms with Crippen LogP contribution in [0.25, 0.3) is 0 Å². The minimum Gasteiger partial charge on any atom is -0.338 e. The Hall–Kier alpha value is -0.570. The number of nitrogens with zero attached hydrogens (tertiary/aromatic N) is 1. The lowest BCUT2D eigenvalue weighted by molar-refractivity contribution is -0.135. The van der Waals surface area contributed by atoms with Crippen LogP contribution in [0, 0.1) is 5.92 Å². The second kappa shape index (κ2) is 5.35. The first-order chi connectivity index (χ1) is 6.70. The van der Waals surface area contributed by atoms with Crippen LogP contribution in [0.4, 0.5) is 0 Å². The quantitative estimate of drug-likeness (QED) is 0.741. The molecule has 3 heteroatoms. The van der Waals surface area contributed by atoms with Crippen LogP contribution in [-0.4, -0.2) is 29.9 Å². The summed E-state index contributed by atoms with van der Waals surface area (Å²) in [6, 6.07) is 0.307. The SMILES string of the molecule is CCCC(C)C(=O)N1CCCC1CN. The van der Waals surface area contributed by atoms with E-state index < -0.39 is 0 Å². The highest BCUT2D eigenvalue weighted by Gasteiger charge is 2.29. The standard InChI is InChI=1S/C11H22N2O/c1-3-5-9(2)11(14)13-7-4-6-10(13)8-12/h9-10H,3-8,12H2,1-2H3. The van der Waals surface area contributed by atoms with Crippen LogP contribution in [0.15, 0.2) is 0 Å². The topological polar surface area (TPSA) is 46.3 Å². The summed E-state index contributed by atoms with van der Waals surface area (Å²) in [5, 5.41) is 0. The molecule has 0 bridgehead atoms. The Balaban J connectivity index is 2.50. The molecule has 0 aromatic carbocycles. The van der Waals surface area contributed by atoms with Crippen LogP contribution in [0.1, 0.15) is 39.5 Å². The maximum absolute atomic E-state index is 12.0. The van der Waals surface area contributed by atoms with E-state index in [9.17, 15) is 4.79 Å². The zero-order valence-corrected chi connectivity index (χ0v) is 9.33. The molecule has 82 valence electrons. The van der Waals surface area contributed by atoms with Gasteiger partial charge in [-0.1, -0.05) is 20.3 Å². The van der Waals surface area contributed by atoms with Crippen molar-refractivity contribution in [3.05, 3.63) is 0 Å². The summed E-state index contributed by atoms with van der Waals surface area (Å²) in [4.78, 5) is 14.0. The molecule has 0 aromatic heterocycles. The van der Waals surface area contributed by atoms with Gasteiger partial charge in [-0.15, -0.1) is 0 Å². The molecular formula is C11H22N2O. The molecule has 0 radical (unpaired) electrons. The van der Waals surface area contributed by atoms with Crippen LogP contribution >= 0.6 is 0 Å². The van der Waals surface area contributed by atoms with E-state index in [2.05, 4.69) is 6.92 Å². The Morgan fingerprint density at radius 1 is 1.64 bits per heavy atom. The summed E-state index contributed by atoms with van der Waals surface area (Å²) in [6.07, 6.45) is 4.27. The molecule has 1 heterocycles. The maximum atomic E-state index is 12.0.